The van der Waals surface area contributed by atoms with Crippen molar-refractivity contribution in [2.75, 3.05) is 13.2 Å². The van der Waals surface area contributed by atoms with E-state index in [1.165, 1.54) is 5.56 Å². The normalized spacial score (nSPS) is 11.4. The first-order chi connectivity index (χ1) is 9.93. The van der Waals surface area contributed by atoms with E-state index in [4.69, 9.17) is 10.00 Å². The molecule has 0 unspecified atom stereocenters. The van der Waals surface area contributed by atoms with Crippen LogP contribution in [0.25, 0.3) is 0 Å². The number of nitrogens with zero attached hydrogens (tertiary/aromatic N) is 1. The summed E-state index contributed by atoms with van der Waals surface area (Å²) in [5.41, 5.74) is 1.02. The van der Waals surface area contributed by atoms with Gasteiger partial charge in [-0.3, -0.25) is 0 Å². The minimum atomic E-state index is -0.255. The molecule has 0 saturated heterocycles. The van der Waals surface area contributed by atoms with Gasteiger partial charge in [0.1, 0.15) is 5.75 Å². The SMILES string of the molecule is CC(C)CNCc1ccc(OCCCC(C)(C)C#N)cc1. The van der Waals surface area contributed by atoms with Crippen molar-refractivity contribution < 1.29 is 4.74 Å². The van der Waals surface area contributed by atoms with Crippen molar-refractivity contribution in [3.05, 3.63) is 29.8 Å². The molecule has 0 amide bonds. The van der Waals surface area contributed by atoms with Crippen LogP contribution in [0.4, 0.5) is 0 Å². The minimum Gasteiger partial charge on any atom is -0.494 e. The molecule has 1 aromatic rings. The fourth-order valence-electron chi connectivity index (χ4n) is 1.97. The van der Waals surface area contributed by atoms with E-state index in [1.807, 2.05) is 26.0 Å². The molecule has 0 saturated carbocycles. The predicted octanol–water partition coefficient (Wildman–Crippen LogP) is 4.14. The number of nitrogens with one attached hydrogen (secondary N) is 1. The molecular weight excluding hydrogens is 260 g/mol. The van der Waals surface area contributed by atoms with E-state index in [0.717, 1.165) is 31.7 Å². The standard InChI is InChI=1S/C18H28N2O/c1-15(2)12-20-13-16-6-8-17(9-7-16)21-11-5-10-18(3,4)14-19/h6-9,15,20H,5,10-13H2,1-4H3. The average molecular weight is 288 g/mol. The highest BCUT2D eigenvalue weighted by molar-refractivity contribution is 5.27. The number of ether oxygens (including phenoxy) is 1. The molecule has 0 atom stereocenters. The van der Waals surface area contributed by atoms with E-state index in [0.29, 0.717) is 12.5 Å². The summed E-state index contributed by atoms with van der Waals surface area (Å²) in [6, 6.07) is 10.5. The van der Waals surface area contributed by atoms with E-state index < -0.39 is 0 Å². The zero-order chi connectivity index (χ0) is 15.7. The van der Waals surface area contributed by atoms with Gasteiger partial charge in [0.15, 0.2) is 0 Å². The van der Waals surface area contributed by atoms with Crippen LogP contribution in [0.5, 0.6) is 5.75 Å². The topological polar surface area (TPSA) is 45.0 Å². The molecule has 1 aromatic carbocycles. The van der Waals surface area contributed by atoms with Gasteiger partial charge in [0.05, 0.1) is 18.1 Å². The molecule has 0 aliphatic rings. The molecule has 0 aromatic heterocycles. The second-order valence-electron chi connectivity index (χ2n) is 6.62. The average Bonchev–Trinajstić information content (AvgIpc) is 2.45. The van der Waals surface area contributed by atoms with E-state index >= 15 is 0 Å². The molecule has 0 heterocycles. The van der Waals surface area contributed by atoms with Crippen molar-refractivity contribution in [3.8, 4) is 11.8 Å². The van der Waals surface area contributed by atoms with Gasteiger partial charge in [-0.2, -0.15) is 5.26 Å². The highest BCUT2D eigenvalue weighted by Gasteiger charge is 2.15. The molecule has 0 aliphatic heterocycles. The Labute approximate surface area is 129 Å². The number of hydrogen-bond acceptors (Lipinski definition) is 3. The second kappa shape index (κ2) is 8.69. The molecule has 21 heavy (non-hydrogen) atoms. The Kier molecular flexibility index (Phi) is 7.25. The van der Waals surface area contributed by atoms with Crippen LogP contribution < -0.4 is 10.1 Å². The van der Waals surface area contributed by atoms with Crippen molar-refractivity contribution in [1.82, 2.24) is 5.32 Å². The highest BCUT2D eigenvalue weighted by Crippen LogP contribution is 2.21. The highest BCUT2D eigenvalue weighted by atomic mass is 16.5. The first-order valence-electron chi connectivity index (χ1n) is 7.76. The fourth-order valence-corrected chi connectivity index (χ4v) is 1.97. The smallest absolute Gasteiger partial charge is 0.119 e. The summed E-state index contributed by atoms with van der Waals surface area (Å²) >= 11 is 0. The summed E-state index contributed by atoms with van der Waals surface area (Å²) in [6.45, 7) is 10.9. The van der Waals surface area contributed by atoms with Crippen LogP contribution in [0.3, 0.4) is 0 Å². The molecule has 1 N–H and O–H groups in total. The van der Waals surface area contributed by atoms with Gasteiger partial charge in [-0.15, -0.1) is 0 Å². The lowest BCUT2D eigenvalue weighted by Crippen LogP contribution is -2.18. The van der Waals surface area contributed by atoms with Gasteiger partial charge in [0.2, 0.25) is 0 Å². The van der Waals surface area contributed by atoms with Gasteiger partial charge in [-0.05, 0) is 56.8 Å². The Morgan fingerprint density at radius 1 is 1.24 bits per heavy atom. The molecule has 3 nitrogen and oxygen atoms in total. The van der Waals surface area contributed by atoms with E-state index in [9.17, 15) is 0 Å². The summed E-state index contributed by atoms with van der Waals surface area (Å²) in [4.78, 5) is 0. The van der Waals surface area contributed by atoms with Crippen molar-refractivity contribution in [2.24, 2.45) is 11.3 Å². The van der Waals surface area contributed by atoms with Crippen LogP contribution >= 0.6 is 0 Å². The molecule has 0 bridgehead atoms. The van der Waals surface area contributed by atoms with Gasteiger partial charge in [0, 0.05) is 6.54 Å². The minimum absolute atomic E-state index is 0.255. The zero-order valence-corrected chi connectivity index (χ0v) is 13.8. The fraction of sp³-hybridized carbons (Fsp3) is 0.611. The summed E-state index contributed by atoms with van der Waals surface area (Å²) in [7, 11) is 0. The van der Waals surface area contributed by atoms with Crippen LogP contribution in [0.15, 0.2) is 24.3 Å². The summed E-state index contributed by atoms with van der Waals surface area (Å²) in [5, 5.41) is 12.4. The van der Waals surface area contributed by atoms with Crippen LogP contribution in [-0.2, 0) is 6.54 Å². The third-order valence-electron chi connectivity index (χ3n) is 3.32. The molecule has 116 valence electrons. The van der Waals surface area contributed by atoms with Gasteiger partial charge in [-0.1, -0.05) is 26.0 Å². The maximum Gasteiger partial charge on any atom is 0.119 e. The first-order valence-corrected chi connectivity index (χ1v) is 7.76. The number of hydrogen-bond donors (Lipinski definition) is 1. The third-order valence-corrected chi connectivity index (χ3v) is 3.32. The largest absolute Gasteiger partial charge is 0.494 e. The van der Waals surface area contributed by atoms with Gasteiger partial charge in [0.25, 0.3) is 0 Å². The molecule has 0 radical (unpaired) electrons. The Balaban J connectivity index is 2.27. The van der Waals surface area contributed by atoms with Crippen molar-refractivity contribution >= 4 is 0 Å². The lowest BCUT2D eigenvalue weighted by Gasteiger charge is -2.15. The van der Waals surface area contributed by atoms with Crippen LogP contribution in [0, 0.1) is 22.7 Å². The quantitative estimate of drug-likeness (QED) is 0.695. The Morgan fingerprint density at radius 2 is 1.90 bits per heavy atom. The van der Waals surface area contributed by atoms with E-state index in [-0.39, 0.29) is 5.41 Å². The lowest BCUT2D eigenvalue weighted by atomic mass is 9.90. The molecule has 0 spiro atoms. The Hall–Kier alpha value is -1.53. The number of rotatable bonds is 9. The number of nitriles is 1. The first kappa shape index (κ1) is 17.5. The van der Waals surface area contributed by atoms with Crippen LogP contribution in [0.1, 0.15) is 46.1 Å². The van der Waals surface area contributed by atoms with E-state index in [1.54, 1.807) is 0 Å². The van der Waals surface area contributed by atoms with Crippen molar-refractivity contribution in [1.29, 1.82) is 5.26 Å². The van der Waals surface area contributed by atoms with Gasteiger partial charge < -0.3 is 10.1 Å². The van der Waals surface area contributed by atoms with Crippen LogP contribution in [0.2, 0.25) is 0 Å². The van der Waals surface area contributed by atoms with Crippen molar-refractivity contribution in [2.45, 2.75) is 47.1 Å². The molecular formula is C18H28N2O. The third kappa shape index (κ3) is 7.72. The summed E-state index contributed by atoms with van der Waals surface area (Å²) < 4.78 is 5.71. The lowest BCUT2D eigenvalue weighted by molar-refractivity contribution is 0.284. The van der Waals surface area contributed by atoms with Gasteiger partial charge >= 0.3 is 0 Å². The van der Waals surface area contributed by atoms with Crippen LogP contribution in [-0.4, -0.2) is 13.2 Å². The molecule has 1 rings (SSSR count). The molecule has 0 fully saturated rings. The monoisotopic (exact) mass is 288 g/mol. The maximum absolute atomic E-state index is 8.95. The Morgan fingerprint density at radius 3 is 2.48 bits per heavy atom. The Bertz CT molecular complexity index is 443. The zero-order valence-electron chi connectivity index (χ0n) is 13.8. The van der Waals surface area contributed by atoms with E-state index in [2.05, 4.69) is 37.4 Å². The predicted molar refractivity (Wildman–Crippen MR) is 87.1 cm³/mol. The van der Waals surface area contributed by atoms with Gasteiger partial charge in [-0.25, -0.2) is 0 Å². The number of benzene rings is 1. The molecule has 3 heteroatoms. The second-order valence-corrected chi connectivity index (χ2v) is 6.62. The maximum atomic E-state index is 8.95. The summed E-state index contributed by atoms with van der Waals surface area (Å²) in [6.07, 6.45) is 1.76. The van der Waals surface area contributed by atoms with Crippen molar-refractivity contribution in [3.63, 3.8) is 0 Å². The molecule has 0 aliphatic carbocycles. The summed E-state index contributed by atoms with van der Waals surface area (Å²) in [5.74, 6) is 1.57.